The van der Waals surface area contributed by atoms with Crippen molar-refractivity contribution in [2.45, 2.75) is 51.8 Å². The molecule has 0 spiro atoms. The molecule has 3 rings (SSSR count). The quantitative estimate of drug-likeness (QED) is 0.719. The number of carbonyl (C=O) groups is 2. The first kappa shape index (κ1) is 23.0. The molecule has 2 atom stereocenters. The molecule has 0 aliphatic carbocycles. The molecule has 1 N–H and O–H groups in total. The predicted octanol–water partition coefficient (Wildman–Crippen LogP) is 1.26. The number of H-pyrrole nitrogens is 1. The Bertz CT molecular complexity index is 1020. The molecule has 1 aliphatic rings. The van der Waals surface area contributed by atoms with Crippen LogP contribution in [0.1, 0.15) is 39.9 Å². The highest BCUT2D eigenvalue weighted by atomic mass is 28.1. The van der Waals surface area contributed by atoms with Gasteiger partial charge in [0.05, 0.1) is 10.9 Å². The Kier molecular flexibility index (Phi) is 6.83. The molecule has 1 unspecified atom stereocenters. The molecule has 0 radical (unpaired) electrons. The van der Waals surface area contributed by atoms with Crippen LogP contribution in [-0.2, 0) is 16.0 Å². The maximum atomic E-state index is 13.0. The van der Waals surface area contributed by atoms with Crippen LogP contribution >= 0.6 is 0 Å². The maximum absolute atomic E-state index is 13.0. The highest BCUT2D eigenvalue weighted by Crippen LogP contribution is 2.19. The van der Waals surface area contributed by atoms with E-state index in [4.69, 9.17) is 4.74 Å². The van der Waals surface area contributed by atoms with Crippen molar-refractivity contribution in [2.24, 2.45) is 5.92 Å². The lowest BCUT2D eigenvalue weighted by Crippen LogP contribution is -2.44. The lowest BCUT2D eigenvalue weighted by Gasteiger charge is -2.30. The Balaban J connectivity index is 1.66. The third-order valence-corrected chi connectivity index (χ3v) is 7.41. The monoisotopic (exact) mass is 444 g/mol. The summed E-state index contributed by atoms with van der Waals surface area (Å²) in [6, 6.07) is 7.17. The smallest absolute Gasteiger partial charge is 0.410 e. The van der Waals surface area contributed by atoms with Crippen molar-refractivity contribution in [1.29, 1.82) is 0 Å². The summed E-state index contributed by atoms with van der Waals surface area (Å²) in [7, 11) is 0.811. The lowest BCUT2D eigenvalue weighted by molar-refractivity contribution is -0.132. The van der Waals surface area contributed by atoms with Gasteiger partial charge < -0.3 is 19.5 Å². The van der Waals surface area contributed by atoms with E-state index in [0.29, 0.717) is 42.8 Å². The number of aromatic nitrogens is 2. The number of rotatable bonds is 3. The number of amides is 2. The van der Waals surface area contributed by atoms with Gasteiger partial charge in [0.2, 0.25) is 5.91 Å². The third kappa shape index (κ3) is 5.72. The minimum Gasteiger partial charge on any atom is -0.444 e. The van der Waals surface area contributed by atoms with Gasteiger partial charge in [-0.15, -0.1) is 0 Å². The summed E-state index contributed by atoms with van der Waals surface area (Å²) >= 11 is 0. The van der Waals surface area contributed by atoms with Gasteiger partial charge in [0.25, 0.3) is 5.56 Å². The molecule has 2 aromatic rings. The van der Waals surface area contributed by atoms with Gasteiger partial charge in [0, 0.05) is 48.4 Å². The highest BCUT2D eigenvalue weighted by Gasteiger charge is 2.33. The van der Waals surface area contributed by atoms with Crippen molar-refractivity contribution in [3.8, 4) is 0 Å². The fourth-order valence-electron chi connectivity index (χ4n) is 3.80. The van der Waals surface area contributed by atoms with Crippen molar-refractivity contribution < 1.29 is 14.3 Å². The summed E-state index contributed by atoms with van der Waals surface area (Å²) in [5.41, 5.74) is 0.0198. The molecule has 1 aliphatic heterocycles. The van der Waals surface area contributed by atoms with E-state index in [9.17, 15) is 14.4 Å². The van der Waals surface area contributed by atoms with Gasteiger partial charge in [-0.1, -0.05) is 19.1 Å². The van der Waals surface area contributed by atoms with Gasteiger partial charge >= 0.3 is 6.09 Å². The number of hydrogen-bond donors (Lipinski definition) is 1. The molecule has 9 heteroatoms. The number of hydrogen-bond acceptors (Lipinski definition) is 5. The van der Waals surface area contributed by atoms with E-state index in [0.717, 1.165) is 10.2 Å². The largest absolute Gasteiger partial charge is 0.444 e. The number of ether oxygens (including phenoxy) is 1. The van der Waals surface area contributed by atoms with E-state index in [-0.39, 0.29) is 35.6 Å². The fraction of sp³-hybridized carbons (Fsp3) is 0.545. The molecular weight excluding hydrogens is 412 g/mol. The number of benzene rings is 1. The van der Waals surface area contributed by atoms with Crippen molar-refractivity contribution >= 4 is 33.1 Å². The average molecular weight is 445 g/mol. The normalized spacial score (nSPS) is 20.0. The van der Waals surface area contributed by atoms with Crippen molar-refractivity contribution in [2.75, 3.05) is 19.6 Å². The van der Waals surface area contributed by atoms with E-state index in [1.807, 2.05) is 31.7 Å². The van der Waals surface area contributed by atoms with Crippen molar-refractivity contribution in [3.05, 3.63) is 40.4 Å². The summed E-state index contributed by atoms with van der Waals surface area (Å²) in [5.74, 6) is 0.707. The number of fused-ring (bicyclic) bond motifs is 1. The van der Waals surface area contributed by atoms with Gasteiger partial charge in [-0.25, -0.2) is 9.78 Å². The Labute approximate surface area is 185 Å². The van der Waals surface area contributed by atoms with Crippen LogP contribution in [0, 0.1) is 5.92 Å². The molecule has 1 aromatic heterocycles. The number of aryl methyl sites for hydroxylation is 1. The molecule has 31 heavy (non-hydrogen) atoms. The summed E-state index contributed by atoms with van der Waals surface area (Å²) in [5, 5.41) is 0.542. The third-order valence-electron chi connectivity index (χ3n) is 5.64. The molecule has 2 amide bonds. The van der Waals surface area contributed by atoms with Gasteiger partial charge in [-0.2, -0.15) is 0 Å². The van der Waals surface area contributed by atoms with Gasteiger partial charge in [0.1, 0.15) is 11.4 Å². The molecule has 168 valence electrons. The van der Waals surface area contributed by atoms with Crippen LogP contribution in [0.3, 0.4) is 0 Å². The minimum atomic E-state index is -0.549. The van der Waals surface area contributed by atoms with Crippen LogP contribution in [0.5, 0.6) is 0 Å². The standard InChI is InChI=1S/C22H32N4O4Si/c1-14-13-25(21(29)30-22(2,3)4)11-12-26(20(14)31)18(27)10-9-17-23-16-8-6-5-7-15(16)19(28)24-17/h5-8,14,20H,9-13H2,1-4,31H3,(H,23,24,28)/t14-,20?/m0/s1. The Morgan fingerprint density at radius 2 is 1.97 bits per heavy atom. The van der Waals surface area contributed by atoms with E-state index in [1.54, 1.807) is 23.1 Å². The highest BCUT2D eigenvalue weighted by molar-refractivity contribution is 6.13. The van der Waals surface area contributed by atoms with Crippen molar-refractivity contribution in [1.82, 2.24) is 19.8 Å². The number of nitrogens with one attached hydrogen (secondary N) is 1. The van der Waals surface area contributed by atoms with E-state index in [2.05, 4.69) is 16.9 Å². The molecule has 1 aromatic carbocycles. The van der Waals surface area contributed by atoms with Gasteiger partial charge in [-0.05, 0) is 38.8 Å². The van der Waals surface area contributed by atoms with Crippen LogP contribution in [0.2, 0.25) is 0 Å². The molecule has 1 fully saturated rings. The first-order valence-electron chi connectivity index (χ1n) is 10.8. The van der Waals surface area contributed by atoms with Crippen LogP contribution in [0.25, 0.3) is 10.9 Å². The zero-order valence-corrected chi connectivity index (χ0v) is 21.0. The second-order valence-corrected chi connectivity index (χ2v) is 10.4. The topological polar surface area (TPSA) is 95.6 Å². The van der Waals surface area contributed by atoms with Gasteiger partial charge in [0.15, 0.2) is 0 Å². The number of carbonyl (C=O) groups excluding carboxylic acids is 2. The fourth-order valence-corrected chi connectivity index (χ4v) is 4.55. The summed E-state index contributed by atoms with van der Waals surface area (Å²) in [6.07, 6.45) is 0.299. The minimum absolute atomic E-state index is 0.0219. The number of aromatic amines is 1. The van der Waals surface area contributed by atoms with E-state index < -0.39 is 5.60 Å². The lowest BCUT2D eigenvalue weighted by atomic mass is 10.1. The first-order chi connectivity index (χ1) is 14.5. The van der Waals surface area contributed by atoms with Crippen LogP contribution in [-0.4, -0.2) is 72.9 Å². The molecule has 1 saturated heterocycles. The Morgan fingerprint density at radius 3 is 2.68 bits per heavy atom. The van der Waals surface area contributed by atoms with Gasteiger partial charge in [-0.3, -0.25) is 9.59 Å². The van der Waals surface area contributed by atoms with Crippen LogP contribution in [0.15, 0.2) is 29.1 Å². The van der Waals surface area contributed by atoms with Crippen LogP contribution < -0.4 is 5.56 Å². The van der Waals surface area contributed by atoms with Crippen molar-refractivity contribution in [3.63, 3.8) is 0 Å². The second-order valence-electron chi connectivity index (χ2n) is 9.26. The molecule has 0 saturated carbocycles. The Hall–Kier alpha value is -2.68. The summed E-state index contributed by atoms with van der Waals surface area (Å²) in [6.45, 7) is 9.14. The summed E-state index contributed by atoms with van der Waals surface area (Å²) < 4.78 is 5.52. The Morgan fingerprint density at radius 1 is 1.26 bits per heavy atom. The number of nitrogens with zero attached hydrogens (tertiary/aromatic N) is 3. The van der Waals surface area contributed by atoms with E-state index >= 15 is 0 Å². The first-order valence-corrected chi connectivity index (χ1v) is 12.0. The SMILES string of the molecule is C[C@H]1CN(C(=O)OC(C)(C)C)CCN(C(=O)CCc2nc3ccccc3c(=O)[nH]2)C1[SiH3]. The molecule has 0 bridgehead atoms. The summed E-state index contributed by atoms with van der Waals surface area (Å²) in [4.78, 5) is 48.7. The van der Waals surface area contributed by atoms with Crippen LogP contribution in [0.4, 0.5) is 4.79 Å². The molecular formula is C22H32N4O4Si. The maximum Gasteiger partial charge on any atom is 0.410 e. The molecule has 2 heterocycles. The second kappa shape index (κ2) is 9.21. The predicted molar refractivity (Wildman–Crippen MR) is 123 cm³/mol. The zero-order valence-electron chi connectivity index (χ0n) is 19.0. The molecule has 8 nitrogen and oxygen atoms in total. The number of para-hydroxylation sites is 1. The van der Waals surface area contributed by atoms with E-state index in [1.165, 1.54) is 0 Å². The zero-order chi connectivity index (χ0) is 22.8. The average Bonchev–Trinajstić information content (AvgIpc) is 2.84.